The Balaban J connectivity index is 1.51. The second-order valence-electron chi connectivity index (χ2n) is 8.06. The Morgan fingerprint density at radius 3 is 2.56 bits per heavy atom. The van der Waals surface area contributed by atoms with Gasteiger partial charge in [0.25, 0.3) is 0 Å². The molecule has 0 bridgehead atoms. The summed E-state index contributed by atoms with van der Waals surface area (Å²) >= 11 is 0. The fourth-order valence-electron chi connectivity index (χ4n) is 4.17. The average molecular weight is 344 g/mol. The summed E-state index contributed by atoms with van der Waals surface area (Å²) in [6.07, 6.45) is 6.48. The third-order valence-electron chi connectivity index (χ3n) is 6.03. The normalized spacial score (nSPS) is 25.2. The van der Waals surface area contributed by atoms with Gasteiger partial charge in [0, 0.05) is 25.6 Å². The number of carbonyl (C=O) groups is 1. The van der Waals surface area contributed by atoms with E-state index in [1.807, 2.05) is 0 Å². The summed E-state index contributed by atoms with van der Waals surface area (Å²) in [4.78, 5) is 14.8. The van der Waals surface area contributed by atoms with Crippen LogP contribution in [0.5, 0.6) is 0 Å². The molecule has 0 spiro atoms. The maximum atomic E-state index is 12.3. The number of hydrogen-bond acceptors (Lipinski definition) is 3. The molecule has 1 aliphatic heterocycles. The van der Waals surface area contributed by atoms with Crippen LogP contribution in [0.2, 0.25) is 0 Å². The number of amides is 1. The van der Waals surface area contributed by atoms with E-state index in [0.29, 0.717) is 18.9 Å². The lowest BCUT2D eigenvalue weighted by Crippen LogP contribution is -2.33. The minimum Gasteiger partial charge on any atom is -0.352 e. The molecule has 1 saturated carbocycles. The van der Waals surface area contributed by atoms with Crippen LogP contribution in [-0.4, -0.2) is 29.9 Å². The van der Waals surface area contributed by atoms with Gasteiger partial charge in [0.05, 0.1) is 0 Å². The Morgan fingerprint density at radius 2 is 1.88 bits per heavy atom. The van der Waals surface area contributed by atoms with Gasteiger partial charge in [-0.05, 0) is 61.7 Å². The molecule has 4 heteroatoms. The minimum absolute atomic E-state index is 0.143. The zero-order chi connectivity index (χ0) is 17.6. The van der Waals surface area contributed by atoms with Crippen molar-refractivity contribution in [2.75, 3.05) is 13.1 Å². The van der Waals surface area contributed by atoms with Gasteiger partial charge in [-0.1, -0.05) is 37.6 Å². The predicted octanol–water partition coefficient (Wildman–Crippen LogP) is 3.05. The van der Waals surface area contributed by atoms with Crippen LogP contribution < -0.4 is 11.1 Å². The third-order valence-corrected chi connectivity index (χ3v) is 6.03. The van der Waals surface area contributed by atoms with Crippen molar-refractivity contribution in [2.45, 2.75) is 64.6 Å². The van der Waals surface area contributed by atoms with Gasteiger partial charge in [-0.2, -0.15) is 0 Å². The highest BCUT2D eigenvalue weighted by Crippen LogP contribution is 2.26. The predicted molar refractivity (Wildman–Crippen MR) is 102 cm³/mol. The van der Waals surface area contributed by atoms with E-state index < -0.39 is 0 Å². The van der Waals surface area contributed by atoms with E-state index in [0.717, 1.165) is 31.7 Å². The van der Waals surface area contributed by atoms with Gasteiger partial charge >= 0.3 is 0 Å². The molecule has 4 nitrogen and oxygen atoms in total. The second-order valence-corrected chi connectivity index (χ2v) is 8.06. The van der Waals surface area contributed by atoms with E-state index >= 15 is 0 Å². The number of likely N-dealkylation sites (tertiary alicyclic amines) is 1. The van der Waals surface area contributed by atoms with Crippen LogP contribution in [0.3, 0.4) is 0 Å². The van der Waals surface area contributed by atoms with Crippen LogP contribution in [0.4, 0.5) is 0 Å². The van der Waals surface area contributed by atoms with Crippen molar-refractivity contribution < 1.29 is 4.79 Å². The van der Waals surface area contributed by atoms with Crippen molar-refractivity contribution in [1.29, 1.82) is 0 Å². The average Bonchev–Trinajstić information content (AvgIpc) is 3.01. The van der Waals surface area contributed by atoms with Gasteiger partial charge in [-0.3, -0.25) is 9.69 Å². The van der Waals surface area contributed by atoms with Crippen LogP contribution in [0.1, 0.15) is 56.6 Å². The summed E-state index contributed by atoms with van der Waals surface area (Å²) in [6, 6.07) is 8.72. The number of nitrogens with one attached hydrogen (secondary N) is 1. The summed E-state index contributed by atoms with van der Waals surface area (Å²) in [6.45, 7) is 6.33. The highest BCUT2D eigenvalue weighted by molar-refractivity contribution is 5.76. The molecule has 0 radical (unpaired) electrons. The molecule has 1 aromatic carbocycles. The van der Waals surface area contributed by atoms with Crippen molar-refractivity contribution in [3.63, 3.8) is 0 Å². The molecule has 3 N–H and O–H groups in total. The highest BCUT2D eigenvalue weighted by atomic mass is 16.1. The van der Waals surface area contributed by atoms with Crippen LogP contribution >= 0.6 is 0 Å². The van der Waals surface area contributed by atoms with Crippen molar-refractivity contribution >= 4 is 5.91 Å². The maximum Gasteiger partial charge on any atom is 0.220 e. The zero-order valence-electron chi connectivity index (χ0n) is 15.5. The van der Waals surface area contributed by atoms with Crippen LogP contribution in [0.15, 0.2) is 24.3 Å². The molecule has 1 aromatic rings. The first kappa shape index (κ1) is 18.4. The molecular weight excluding hydrogens is 310 g/mol. The molecule has 0 aromatic heterocycles. The lowest BCUT2D eigenvalue weighted by atomic mass is 9.98. The second kappa shape index (κ2) is 8.81. The van der Waals surface area contributed by atoms with Crippen LogP contribution in [0, 0.1) is 11.8 Å². The van der Waals surface area contributed by atoms with E-state index in [1.54, 1.807) is 0 Å². The van der Waals surface area contributed by atoms with Crippen LogP contribution in [-0.2, 0) is 17.9 Å². The molecule has 2 aliphatic rings. The number of benzene rings is 1. The molecule has 1 amide bonds. The summed E-state index contributed by atoms with van der Waals surface area (Å²) in [7, 11) is 0. The van der Waals surface area contributed by atoms with Crippen molar-refractivity contribution in [1.82, 2.24) is 10.2 Å². The lowest BCUT2D eigenvalue weighted by Gasteiger charge is -2.30. The standard InChI is InChI=1S/C21H33N3O/c1-16-9-11-24(12-10-16)15-19-6-3-2-5-18(19)14-23-21(25)13-17-7-4-8-20(17)22/h2-3,5-6,16-17,20H,4,7-15,22H2,1H3,(H,23,25)/t17-,20+/m0/s1. The molecular formula is C21H33N3O. The van der Waals surface area contributed by atoms with Gasteiger partial charge in [0.2, 0.25) is 5.91 Å². The number of nitrogens with two attached hydrogens (primary N) is 1. The first-order valence-electron chi connectivity index (χ1n) is 9.93. The Kier molecular flexibility index (Phi) is 6.49. The van der Waals surface area contributed by atoms with Gasteiger partial charge in [-0.15, -0.1) is 0 Å². The number of piperidine rings is 1. The smallest absolute Gasteiger partial charge is 0.220 e. The Hall–Kier alpha value is -1.39. The van der Waals surface area contributed by atoms with Gasteiger partial charge < -0.3 is 11.1 Å². The molecule has 2 atom stereocenters. The number of hydrogen-bond donors (Lipinski definition) is 2. The minimum atomic E-state index is 0.143. The molecule has 0 unspecified atom stereocenters. The fourth-order valence-corrected chi connectivity index (χ4v) is 4.17. The van der Waals surface area contributed by atoms with E-state index in [-0.39, 0.29) is 11.9 Å². The summed E-state index contributed by atoms with van der Waals surface area (Å²) in [5, 5.41) is 3.12. The fraction of sp³-hybridized carbons (Fsp3) is 0.667. The monoisotopic (exact) mass is 343 g/mol. The molecule has 25 heavy (non-hydrogen) atoms. The summed E-state index contributed by atoms with van der Waals surface area (Å²) < 4.78 is 0. The molecule has 1 saturated heterocycles. The molecule has 138 valence electrons. The van der Waals surface area contributed by atoms with Crippen molar-refractivity contribution in [2.24, 2.45) is 17.6 Å². The molecule has 3 rings (SSSR count). The highest BCUT2D eigenvalue weighted by Gasteiger charge is 2.26. The quantitative estimate of drug-likeness (QED) is 0.835. The van der Waals surface area contributed by atoms with Gasteiger partial charge in [0.15, 0.2) is 0 Å². The van der Waals surface area contributed by atoms with E-state index in [2.05, 4.69) is 41.4 Å². The number of carbonyl (C=O) groups excluding carboxylic acids is 1. The first-order chi connectivity index (χ1) is 12.1. The van der Waals surface area contributed by atoms with Gasteiger partial charge in [-0.25, -0.2) is 0 Å². The Labute approximate surface area is 152 Å². The Bertz CT molecular complexity index is 566. The van der Waals surface area contributed by atoms with Gasteiger partial charge in [0.1, 0.15) is 0 Å². The molecule has 1 aliphatic carbocycles. The summed E-state index contributed by atoms with van der Waals surface area (Å²) in [5.41, 5.74) is 8.67. The molecule has 2 fully saturated rings. The van der Waals surface area contributed by atoms with E-state index in [9.17, 15) is 4.79 Å². The van der Waals surface area contributed by atoms with Crippen LogP contribution in [0.25, 0.3) is 0 Å². The maximum absolute atomic E-state index is 12.3. The zero-order valence-corrected chi connectivity index (χ0v) is 15.5. The lowest BCUT2D eigenvalue weighted by molar-refractivity contribution is -0.122. The first-order valence-corrected chi connectivity index (χ1v) is 9.93. The third kappa shape index (κ3) is 5.29. The van der Waals surface area contributed by atoms with Crippen molar-refractivity contribution in [3.05, 3.63) is 35.4 Å². The van der Waals surface area contributed by atoms with E-state index in [4.69, 9.17) is 5.73 Å². The largest absolute Gasteiger partial charge is 0.352 e. The van der Waals surface area contributed by atoms with Crippen molar-refractivity contribution in [3.8, 4) is 0 Å². The SMILES string of the molecule is CC1CCN(Cc2ccccc2CNC(=O)C[C@@H]2CCC[C@H]2N)CC1. The summed E-state index contributed by atoms with van der Waals surface area (Å²) in [5.74, 6) is 1.36. The molecule has 1 heterocycles. The topological polar surface area (TPSA) is 58.4 Å². The van der Waals surface area contributed by atoms with E-state index in [1.165, 1.54) is 37.1 Å². The number of rotatable bonds is 6. The number of nitrogens with zero attached hydrogens (tertiary/aromatic N) is 1. The Morgan fingerprint density at radius 1 is 1.16 bits per heavy atom.